The van der Waals surface area contributed by atoms with Gasteiger partial charge in [-0.1, -0.05) is 33.8 Å². The van der Waals surface area contributed by atoms with Crippen LogP contribution >= 0.6 is 0 Å². The van der Waals surface area contributed by atoms with Gasteiger partial charge in [0, 0.05) is 10.8 Å². The van der Waals surface area contributed by atoms with E-state index in [1.165, 1.54) is 12.8 Å². The Kier molecular flexibility index (Phi) is 1.73. The van der Waals surface area contributed by atoms with Crippen molar-refractivity contribution in [3.8, 4) is 0 Å². The van der Waals surface area contributed by atoms with Gasteiger partial charge in [-0.05, 0) is 42.6 Å². The minimum atomic E-state index is -0.100. The second-order valence-electron chi connectivity index (χ2n) is 7.16. The molecule has 0 aromatic carbocycles. The molecule has 4 atom stereocenters. The van der Waals surface area contributed by atoms with E-state index < -0.39 is 0 Å². The third kappa shape index (κ3) is 0.846. The molecule has 4 unspecified atom stereocenters. The molecule has 1 heteroatoms. The van der Waals surface area contributed by atoms with Gasteiger partial charge in [-0.15, -0.1) is 0 Å². The van der Waals surface area contributed by atoms with E-state index >= 15 is 0 Å². The van der Waals surface area contributed by atoms with Crippen LogP contribution in [0.1, 0.15) is 47.0 Å². The highest BCUT2D eigenvalue weighted by Crippen LogP contribution is 2.74. The van der Waals surface area contributed by atoms with E-state index in [1.54, 1.807) is 0 Å². The van der Waals surface area contributed by atoms with Crippen molar-refractivity contribution in [3.05, 3.63) is 12.2 Å². The Morgan fingerprint density at radius 2 is 1.94 bits per heavy atom. The van der Waals surface area contributed by atoms with Gasteiger partial charge in [0.05, 0.1) is 0 Å². The summed E-state index contributed by atoms with van der Waals surface area (Å²) in [5, 5.41) is 0. The van der Waals surface area contributed by atoms with Crippen LogP contribution < -0.4 is 0 Å². The Bertz CT molecular complexity index is 392. The summed E-state index contributed by atoms with van der Waals surface area (Å²) in [6, 6.07) is 0. The Morgan fingerprint density at radius 3 is 2.62 bits per heavy atom. The maximum Gasteiger partial charge on any atom is 0.162 e. The number of allylic oxidation sites excluding steroid dienone is 2. The number of hydrogen-bond donors (Lipinski definition) is 0. The molecule has 3 rings (SSSR count). The van der Waals surface area contributed by atoms with Gasteiger partial charge in [-0.25, -0.2) is 0 Å². The molecule has 0 radical (unpaired) electrons. The number of hydrogen-bond acceptors (Lipinski definition) is 1. The van der Waals surface area contributed by atoms with E-state index in [0.29, 0.717) is 23.0 Å². The molecule has 0 heterocycles. The quantitative estimate of drug-likeness (QED) is 0.607. The molecule has 0 aromatic rings. The smallest absolute Gasteiger partial charge is 0.162 e. The molecule has 88 valence electrons. The van der Waals surface area contributed by atoms with Gasteiger partial charge < -0.3 is 0 Å². The van der Waals surface area contributed by atoms with Crippen molar-refractivity contribution in [1.29, 1.82) is 0 Å². The first kappa shape index (κ1) is 10.6. The van der Waals surface area contributed by atoms with Crippen LogP contribution in [0.3, 0.4) is 0 Å². The molecular weight excluding hydrogens is 196 g/mol. The summed E-state index contributed by atoms with van der Waals surface area (Å²) in [6.07, 6.45) is 7.83. The fourth-order valence-electron chi connectivity index (χ4n) is 5.55. The van der Waals surface area contributed by atoms with Crippen molar-refractivity contribution < 1.29 is 4.79 Å². The topological polar surface area (TPSA) is 17.1 Å². The molecule has 1 nitrogen and oxygen atoms in total. The minimum absolute atomic E-state index is 0.100. The first-order chi connectivity index (χ1) is 7.34. The maximum absolute atomic E-state index is 12.3. The lowest BCUT2D eigenvalue weighted by molar-refractivity contribution is -0.126. The van der Waals surface area contributed by atoms with Crippen LogP contribution in [-0.2, 0) is 4.79 Å². The lowest BCUT2D eigenvalue weighted by atomic mass is 9.62. The summed E-state index contributed by atoms with van der Waals surface area (Å²) < 4.78 is 0. The monoisotopic (exact) mass is 218 g/mol. The highest BCUT2D eigenvalue weighted by atomic mass is 16.1. The zero-order chi connectivity index (χ0) is 11.8. The number of carbonyl (C=O) groups is 1. The molecule has 2 fully saturated rings. The van der Waals surface area contributed by atoms with Crippen LogP contribution in [0.25, 0.3) is 0 Å². The zero-order valence-electron chi connectivity index (χ0n) is 10.8. The third-order valence-corrected chi connectivity index (χ3v) is 6.04. The van der Waals surface area contributed by atoms with Crippen LogP contribution in [-0.4, -0.2) is 5.78 Å². The standard InChI is InChI=1S/C15H22O/c1-10-5-6-11-13(2,3)9-14(4)12(16)7-8-15(10,11)14/h7-8,10-11H,5-6,9H2,1-4H3. The molecule has 3 aliphatic carbocycles. The van der Waals surface area contributed by atoms with Gasteiger partial charge in [0.15, 0.2) is 5.78 Å². The first-order valence-electron chi connectivity index (χ1n) is 6.58. The molecule has 0 N–H and O–H groups in total. The first-order valence-corrected chi connectivity index (χ1v) is 6.58. The highest BCUT2D eigenvalue weighted by molar-refractivity contribution is 5.99. The third-order valence-electron chi connectivity index (χ3n) is 6.04. The summed E-state index contributed by atoms with van der Waals surface area (Å²) >= 11 is 0. The number of ketones is 1. The largest absolute Gasteiger partial charge is 0.294 e. The minimum Gasteiger partial charge on any atom is -0.294 e. The zero-order valence-corrected chi connectivity index (χ0v) is 10.8. The van der Waals surface area contributed by atoms with Crippen molar-refractivity contribution in [2.45, 2.75) is 47.0 Å². The lowest BCUT2D eigenvalue weighted by Gasteiger charge is -2.40. The van der Waals surface area contributed by atoms with E-state index in [9.17, 15) is 4.79 Å². The molecule has 0 aliphatic heterocycles. The molecule has 0 bridgehead atoms. The Hall–Kier alpha value is -0.590. The van der Waals surface area contributed by atoms with Gasteiger partial charge in [0.25, 0.3) is 0 Å². The second-order valence-corrected chi connectivity index (χ2v) is 7.16. The van der Waals surface area contributed by atoms with Crippen molar-refractivity contribution >= 4 is 5.78 Å². The van der Waals surface area contributed by atoms with E-state index in [1.807, 2.05) is 6.08 Å². The predicted octanol–water partition coefficient (Wildman–Crippen LogP) is 3.59. The molecule has 0 amide bonds. The van der Waals surface area contributed by atoms with E-state index in [0.717, 1.165) is 6.42 Å². The van der Waals surface area contributed by atoms with Gasteiger partial charge >= 0.3 is 0 Å². The van der Waals surface area contributed by atoms with Gasteiger partial charge in [-0.2, -0.15) is 0 Å². The fraction of sp³-hybridized carbons (Fsp3) is 0.800. The summed E-state index contributed by atoms with van der Waals surface area (Å²) in [4.78, 5) is 12.3. The van der Waals surface area contributed by atoms with E-state index in [-0.39, 0.29) is 10.8 Å². The molecular formula is C15H22O. The van der Waals surface area contributed by atoms with Crippen LogP contribution in [0.15, 0.2) is 12.2 Å². The van der Waals surface area contributed by atoms with E-state index in [2.05, 4.69) is 33.8 Å². The summed E-state index contributed by atoms with van der Waals surface area (Å²) in [5.41, 5.74) is 0.421. The second kappa shape index (κ2) is 2.63. The average Bonchev–Trinajstić information content (AvgIpc) is 2.68. The molecule has 0 aromatic heterocycles. The van der Waals surface area contributed by atoms with Gasteiger partial charge in [0.1, 0.15) is 0 Å². The van der Waals surface area contributed by atoms with Crippen LogP contribution in [0.5, 0.6) is 0 Å². The highest BCUT2D eigenvalue weighted by Gasteiger charge is 2.71. The summed E-state index contributed by atoms with van der Waals surface area (Å²) in [7, 11) is 0. The van der Waals surface area contributed by atoms with Crippen LogP contribution in [0, 0.1) is 28.1 Å². The Labute approximate surface area is 98.3 Å². The van der Waals surface area contributed by atoms with Crippen molar-refractivity contribution in [2.24, 2.45) is 28.1 Å². The normalized spacial score (nSPS) is 53.1. The Balaban J connectivity index is 2.22. The number of rotatable bonds is 0. The summed E-state index contributed by atoms with van der Waals surface area (Å²) in [5.74, 6) is 1.77. The fourth-order valence-corrected chi connectivity index (χ4v) is 5.55. The lowest BCUT2D eigenvalue weighted by Crippen LogP contribution is -2.40. The molecule has 1 spiro atoms. The van der Waals surface area contributed by atoms with Crippen molar-refractivity contribution in [3.63, 3.8) is 0 Å². The van der Waals surface area contributed by atoms with Crippen LogP contribution in [0.2, 0.25) is 0 Å². The molecule has 3 aliphatic rings. The molecule has 2 saturated carbocycles. The SMILES string of the molecule is CC1CCC2C(C)(C)CC3(C)C(=O)C=CC123. The molecule has 0 saturated heterocycles. The molecule has 16 heavy (non-hydrogen) atoms. The number of carbonyl (C=O) groups excluding carboxylic acids is 1. The average molecular weight is 218 g/mol. The van der Waals surface area contributed by atoms with Crippen LogP contribution in [0.4, 0.5) is 0 Å². The maximum atomic E-state index is 12.3. The Morgan fingerprint density at radius 1 is 1.25 bits per heavy atom. The van der Waals surface area contributed by atoms with Crippen molar-refractivity contribution in [1.82, 2.24) is 0 Å². The van der Waals surface area contributed by atoms with E-state index in [4.69, 9.17) is 0 Å². The van der Waals surface area contributed by atoms with Crippen molar-refractivity contribution in [2.75, 3.05) is 0 Å². The summed E-state index contributed by atoms with van der Waals surface area (Å²) in [6.45, 7) is 9.30. The van der Waals surface area contributed by atoms with Gasteiger partial charge in [0.2, 0.25) is 0 Å². The van der Waals surface area contributed by atoms with Gasteiger partial charge in [-0.3, -0.25) is 4.79 Å². The predicted molar refractivity (Wildman–Crippen MR) is 65.0 cm³/mol.